The minimum Gasteiger partial charge on any atom is -0.378 e. The van der Waals surface area contributed by atoms with Gasteiger partial charge in [0, 0.05) is 44.2 Å². The van der Waals surface area contributed by atoms with Gasteiger partial charge in [-0.15, -0.1) is 0 Å². The number of rotatable bonds is 6. The molecule has 1 aliphatic heterocycles. The summed E-state index contributed by atoms with van der Waals surface area (Å²) in [5.74, 6) is 0. The zero-order valence-electron chi connectivity index (χ0n) is 18.7. The van der Waals surface area contributed by atoms with Crippen LogP contribution < -0.4 is 15.5 Å². The van der Waals surface area contributed by atoms with Crippen LogP contribution in [0.3, 0.4) is 0 Å². The van der Waals surface area contributed by atoms with E-state index in [1.165, 1.54) is 32.1 Å². The van der Waals surface area contributed by atoms with Crippen molar-refractivity contribution >= 4 is 17.4 Å². The number of carbonyl (C=O) groups is 1. The van der Waals surface area contributed by atoms with Crippen molar-refractivity contribution < 1.29 is 9.53 Å². The third kappa shape index (κ3) is 4.30. The second-order valence-corrected chi connectivity index (χ2v) is 9.06. The molecule has 2 atom stereocenters. The lowest BCUT2D eigenvalue weighted by atomic mass is 9.55. The van der Waals surface area contributed by atoms with Crippen LogP contribution in [0.5, 0.6) is 0 Å². The largest absolute Gasteiger partial charge is 0.378 e. The van der Waals surface area contributed by atoms with Gasteiger partial charge in [0.05, 0.1) is 17.5 Å². The Morgan fingerprint density at radius 2 is 1.83 bits per heavy atom. The summed E-state index contributed by atoms with van der Waals surface area (Å²) in [4.78, 5) is 17.8. The van der Waals surface area contributed by atoms with Crippen LogP contribution in [0, 0.1) is 5.41 Å². The van der Waals surface area contributed by atoms with Crippen LogP contribution in [-0.2, 0) is 4.74 Å². The highest BCUT2D eigenvalue weighted by Crippen LogP contribution is 2.53. The monoisotopic (exact) mass is 414 g/mol. The number of amides is 2. The zero-order chi connectivity index (χ0) is 21.0. The van der Waals surface area contributed by atoms with Crippen LogP contribution in [0.2, 0.25) is 0 Å². The van der Waals surface area contributed by atoms with E-state index in [1.807, 2.05) is 12.1 Å². The second kappa shape index (κ2) is 9.56. The molecule has 1 aromatic carbocycles. The van der Waals surface area contributed by atoms with E-state index in [0.29, 0.717) is 6.10 Å². The summed E-state index contributed by atoms with van der Waals surface area (Å²) in [5, 5.41) is 6.46. The van der Waals surface area contributed by atoms with E-state index in [0.717, 1.165) is 57.1 Å². The lowest BCUT2D eigenvalue weighted by molar-refractivity contribution is -0.146. The highest BCUT2D eigenvalue weighted by atomic mass is 16.5. The van der Waals surface area contributed by atoms with Gasteiger partial charge in [0.2, 0.25) is 0 Å². The van der Waals surface area contributed by atoms with Crippen molar-refractivity contribution in [2.24, 2.45) is 5.41 Å². The van der Waals surface area contributed by atoms with Crippen molar-refractivity contribution in [3.63, 3.8) is 0 Å². The molecule has 1 aromatic rings. The third-order valence-electron chi connectivity index (χ3n) is 7.56. The molecule has 4 rings (SSSR count). The predicted molar refractivity (Wildman–Crippen MR) is 122 cm³/mol. The minimum atomic E-state index is -0.0838. The summed E-state index contributed by atoms with van der Waals surface area (Å²) >= 11 is 0. The lowest BCUT2D eigenvalue weighted by Crippen LogP contribution is -2.65. The van der Waals surface area contributed by atoms with Gasteiger partial charge in [0.25, 0.3) is 0 Å². The van der Waals surface area contributed by atoms with Crippen molar-refractivity contribution in [3.8, 4) is 0 Å². The van der Waals surface area contributed by atoms with Gasteiger partial charge < -0.3 is 25.2 Å². The molecule has 2 saturated carbocycles. The number of nitrogens with zero attached hydrogens (tertiary/aromatic N) is 2. The number of nitrogens with one attached hydrogen (secondary N) is 2. The number of carbonyl (C=O) groups excluding carboxylic acids is 1. The molecule has 0 unspecified atom stereocenters. The number of hydrogen-bond acceptors (Lipinski definition) is 4. The standard InChI is InChI=1S/C24H38N4O2/c1-3-27-14-16-28(17-15-27)20-11-7-6-10-19(20)25-23(29)26-21-18-22(30-4-2)24(21)12-8-5-9-13-24/h6-7,10-11,21-22H,3-5,8-9,12-18H2,1-2H3,(H2,25,26,29)/t21-,22+/m0/s1. The summed E-state index contributed by atoms with van der Waals surface area (Å²) in [6.45, 7) is 10.3. The fourth-order valence-electron chi connectivity index (χ4n) is 5.74. The zero-order valence-corrected chi connectivity index (χ0v) is 18.7. The van der Waals surface area contributed by atoms with Crippen LogP contribution in [-0.4, -0.2) is 62.4 Å². The second-order valence-electron chi connectivity index (χ2n) is 9.06. The van der Waals surface area contributed by atoms with E-state index in [2.05, 4.69) is 46.4 Å². The van der Waals surface area contributed by atoms with Crippen LogP contribution in [0.15, 0.2) is 24.3 Å². The summed E-state index contributed by atoms with van der Waals surface area (Å²) in [5.41, 5.74) is 2.16. The first-order valence-electron chi connectivity index (χ1n) is 11.9. The van der Waals surface area contributed by atoms with E-state index in [9.17, 15) is 4.79 Å². The number of para-hydroxylation sites is 2. The molecule has 2 amide bonds. The van der Waals surface area contributed by atoms with Gasteiger partial charge in [-0.1, -0.05) is 38.3 Å². The van der Waals surface area contributed by atoms with Gasteiger partial charge in [-0.25, -0.2) is 4.79 Å². The van der Waals surface area contributed by atoms with E-state index in [4.69, 9.17) is 4.74 Å². The van der Waals surface area contributed by atoms with Crippen LogP contribution >= 0.6 is 0 Å². The molecule has 0 radical (unpaired) electrons. The molecule has 1 heterocycles. The van der Waals surface area contributed by atoms with Gasteiger partial charge in [0.15, 0.2) is 0 Å². The Morgan fingerprint density at radius 3 is 2.53 bits per heavy atom. The molecule has 2 aliphatic carbocycles. The normalized spacial score (nSPS) is 26.3. The highest BCUT2D eigenvalue weighted by molar-refractivity contribution is 5.93. The number of anilines is 2. The average Bonchev–Trinajstić information content (AvgIpc) is 2.79. The minimum absolute atomic E-state index is 0.0838. The molecule has 3 aliphatic rings. The Bertz CT molecular complexity index is 711. The van der Waals surface area contributed by atoms with Crippen molar-refractivity contribution in [2.75, 3.05) is 49.5 Å². The average molecular weight is 415 g/mol. The first-order chi connectivity index (χ1) is 14.7. The molecule has 30 heavy (non-hydrogen) atoms. The summed E-state index contributed by atoms with van der Waals surface area (Å²) in [6, 6.07) is 8.32. The molecule has 6 nitrogen and oxygen atoms in total. The number of benzene rings is 1. The maximum Gasteiger partial charge on any atom is 0.319 e. The smallest absolute Gasteiger partial charge is 0.319 e. The highest BCUT2D eigenvalue weighted by Gasteiger charge is 2.56. The van der Waals surface area contributed by atoms with E-state index in [-0.39, 0.29) is 17.5 Å². The molecule has 0 aromatic heterocycles. The maximum absolute atomic E-state index is 12.9. The van der Waals surface area contributed by atoms with Crippen molar-refractivity contribution in [1.82, 2.24) is 10.2 Å². The lowest BCUT2D eigenvalue weighted by Gasteiger charge is -2.57. The first-order valence-corrected chi connectivity index (χ1v) is 11.9. The Kier molecular flexibility index (Phi) is 6.84. The Labute approximate surface area is 181 Å². The maximum atomic E-state index is 12.9. The molecule has 2 N–H and O–H groups in total. The van der Waals surface area contributed by atoms with Crippen LogP contribution in [0.4, 0.5) is 16.2 Å². The number of urea groups is 1. The quantitative estimate of drug-likeness (QED) is 0.737. The van der Waals surface area contributed by atoms with Crippen molar-refractivity contribution in [2.45, 2.75) is 64.5 Å². The van der Waals surface area contributed by atoms with Gasteiger partial charge in [-0.2, -0.15) is 0 Å². The third-order valence-corrected chi connectivity index (χ3v) is 7.56. The predicted octanol–water partition coefficient (Wildman–Crippen LogP) is 4.08. The van der Waals surface area contributed by atoms with Crippen LogP contribution in [0.1, 0.15) is 52.4 Å². The number of hydrogen-bond donors (Lipinski definition) is 2. The molecule has 1 spiro atoms. The van der Waals surface area contributed by atoms with Crippen LogP contribution in [0.25, 0.3) is 0 Å². The molecular weight excluding hydrogens is 376 g/mol. The molecule has 1 saturated heterocycles. The molecule has 166 valence electrons. The van der Waals surface area contributed by atoms with E-state index < -0.39 is 0 Å². The van der Waals surface area contributed by atoms with Gasteiger partial charge >= 0.3 is 6.03 Å². The molecule has 3 fully saturated rings. The van der Waals surface area contributed by atoms with E-state index in [1.54, 1.807) is 0 Å². The molecule has 6 heteroatoms. The Balaban J connectivity index is 1.39. The van der Waals surface area contributed by atoms with Crippen molar-refractivity contribution in [1.29, 1.82) is 0 Å². The Morgan fingerprint density at radius 1 is 1.10 bits per heavy atom. The fraction of sp³-hybridized carbons (Fsp3) is 0.708. The number of piperazine rings is 1. The molecular formula is C24H38N4O2. The number of likely N-dealkylation sites (N-methyl/N-ethyl adjacent to an activating group) is 1. The van der Waals surface area contributed by atoms with Crippen molar-refractivity contribution in [3.05, 3.63) is 24.3 Å². The topological polar surface area (TPSA) is 56.8 Å². The summed E-state index contributed by atoms with van der Waals surface area (Å²) in [6.07, 6.45) is 7.36. The fourth-order valence-corrected chi connectivity index (χ4v) is 5.74. The van der Waals surface area contributed by atoms with Gasteiger partial charge in [-0.05, 0) is 44.9 Å². The summed E-state index contributed by atoms with van der Waals surface area (Å²) in [7, 11) is 0. The Hall–Kier alpha value is -1.79. The SMILES string of the molecule is CCO[C@@H]1C[C@H](NC(=O)Nc2ccccc2N2CCN(CC)CC2)C12CCCCC2. The van der Waals surface area contributed by atoms with Gasteiger partial charge in [-0.3, -0.25) is 0 Å². The van der Waals surface area contributed by atoms with Gasteiger partial charge in [0.1, 0.15) is 0 Å². The first kappa shape index (κ1) is 21.4. The molecule has 0 bridgehead atoms. The summed E-state index contributed by atoms with van der Waals surface area (Å²) < 4.78 is 6.04. The van der Waals surface area contributed by atoms with E-state index >= 15 is 0 Å². The number of ether oxygens (including phenoxy) is 1.